The fourth-order valence-corrected chi connectivity index (χ4v) is 0.812. The van der Waals surface area contributed by atoms with Gasteiger partial charge in [0.25, 0.3) is 0 Å². The summed E-state index contributed by atoms with van der Waals surface area (Å²) < 4.78 is 1.92. The van der Waals surface area contributed by atoms with E-state index < -0.39 is 0 Å². The molecule has 0 saturated heterocycles. The van der Waals surface area contributed by atoms with E-state index in [2.05, 4.69) is 6.72 Å². The van der Waals surface area contributed by atoms with Crippen molar-refractivity contribution in [1.82, 2.24) is 4.90 Å². The van der Waals surface area contributed by atoms with Crippen LogP contribution in [0.5, 0.6) is 0 Å². The number of aliphatic hydroxyl groups is 1. The molecule has 12 heavy (non-hydrogen) atoms. The third-order valence-electron chi connectivity index (χ3n) is 1.70. The highest BCUT2D eigenvalue weighted by Crippen LogP contribution is 1.86. The average Bonchev–Trinajstić information content (AvgIpc) is 2.12. The van der Waals surface area contributed by atoms with Crippen molar-refractivity contribution in [3.05, 3.63) is 0 Å². The van der Waals surface area contributed by atoms with E-state index in [0.717, 1.165) is 19.5 Å². The third kappa shape index (κ3) is 4.85. The maximum atomic E-state index is 10.2. The number of carbonyl (C=O) groups is 1. The Morgan fingerprint density at radius 2 is 2.33 bits per heavy atom. The number of hydrogen-bond donors (Lipinski definition) is 1. The smallest absolute Gasteiger partial charge is 0.211 e. The molecule has 1 amide bonds. The standard InChI is InChI=1S/C8H17N2O2/c1-3-9(2)5-4-6-10(7-11)8-12/h7,12H,2-6,8H2,1H3/q+1. The lowest BCUT2D eigenvalue weighted by atomic mass is 10.4. The molecular formula is C8H17N2O2+. The van der Waals surface area contributed by atoms with Crippen LogP contribution in [0.3, 0.4) is 0 Å². The van der Waals surface area contributed by atoms with Crippen molar-refractivity contribution < 1.29 is 14.5 Å². The molecule has 0 aromatic carbocycles. The van der Waals surface area contributed by atoms with Gasteiger partial charge in [0.05, 0.1) is 0 Å². The molecule has 0 rings (SSSR count). The first-order chi connectivity index (χ1) is 5.74. The van der Waals surface area contributed by atoms with Gasteiger partial charge in [-0.3, -0.25) is 4.79 Å². The molecule has 1 N–H and O–H groups in total. The summed E-state index contributed by atoms with van der Waals surface area (Å²) in [4.78, 5) is 11.5. The minimum absolute atomic E-state index is 0.202. The van der Waals surface area contributed by atoms with Gasteiger partial charge in [-0.05, 0) is 6.92 Å². The fraction of sp³-hybridized carbons (Fsp3) is 0.750. The van der Waals surface area contributed by atoms with Crippen LogP contribution in [0.2, 0.25) is 0 Å². The molecule has 0 aliphatic rings. The quantitative estimate of drug-likeness (QED) is 0.244. The number of rotatable bonds is 7. The molecule has 4 nitrogen and oxygen atoms in total. The Balaban J connectivity index is 3.40. The highest BCUT2D eigenvalue weighted by Gasteiger charge is 2.01. The predicted molar refractivity (Wildman–Crippen MR) is 47.3 cm³/mol. The molecule has 70 valence electrons. The lowest BCUT2D eigenvalue weighted by Crippen LogP contribution is -2.26. The maximum Gasteiger partial charge on any atom is 0.211 e. The second-order valence-corrected chi connectivity index (χ2v) is 2.62. The molecule has 0 aromatic rings. The lowest BCUT2D eigenvalue weighted by Gasteiger charge is -2.11. The summed E-state index contributed by atoms with van der Waals surface area (Å²) in [5, 5.41) is 8.61. The summed E-state index contributed by atoms with van der Waals surface area (Å²) in [5.74, 6) is 0. The van der Waals surface area contributed by atoms with Crippen LogP contribution in [0.25, 0.3) is 0 Å². The van der Waals surface area contributed by atoms with Gasteiger partial charge in [-0.2, -0.15) is 0 Å². The zero-order valence-electron chi connectivity index (χ0n) is 7.57. The van der Waals surface area contributed by atoms with E-state index in [0.29, 0.717) is 13.0 Å². The monoisotopic (exact) mass is 173 g/mol. The Morgan fingerprint density at radius 3 is 2.75 bits per heavy atom. The minimum atomic E-state index is -0.202. The molecule has 0 aliphatic carbocycles. The molecule has 0 unspecified atom stereocenters. The molecule has 0 bridgehead atoms. The highest BCUT2D eigenvalue weighted by molar-refractivity contribution is 5.46. The van der Waals surface area contributed by atoms with E-state index in [-0.39, 0.29) is 6.73 Å². The first kappa shape index (κ1) is 11.1. The van der Waals surface area contributed by atoms with Crippen LogP contribution >= 0.6 is 0 Å². The van der Waals surface area contributed by atoms with E-state index in [1.165, 1.54) is 4.90 Å². The van der Waals surface area contributed by atoms with Crippen molar-refractivity contribution in [2.75, 3.05) is 26.4 Å². The fourth-order valence-electron chi connectivity index (χ4n) is 0.812. The summed E-state index contributed by atoms with van der Waals surface area (Å²) in [6.07, 6.45) is 1.50. The van der Waals surface area contributed by atoms with Gasteiger partial charge in [0.1, 0.15) is 26.5 Å². The van der Waals surface area contributed by atoms with E-state index in [9.17, 15) is 4.79 Å². The summed E-state index contributed by atoms with van der Waals surface area (Å²) in [7, 11) is 0. The van der Waals surface area contributed by atoms with Crippen LogP contribution in [0.4, 0.5) is 0 Å². The molecule has 0 spiro atoms. The maximum absolute atomic E-state index is 10.2. The van der Waals surface area contributed by atoms with Crippen LogP contribution in [0, 0.1) is 0 Å². The second-order valence-electron chi connectivity index (χ2n) is 2.62. The topological polar surface area (TPSA) is 43.5 Å². The zero-order valence-corrected chi connectivity index (χ0v) is 7.57. The summed E-state index contributed by atoms with van der Waals surface area (Å²) in [6, 6.07) is 0. The Bertz CT molecular complexity index is 148. The molecule has 0 fully saturated rings. The number of aliphatic hydroxyl groups excluding tert-OH is 1. The zero-order chi connectivity index (χ0) is 9.40. The lowest BCUT2D eigenvalue weighted by molar-refractivity contribution is -0.516. The molecule has 0 saturated carbocycles. The molecular weight excluding hydrogens is 156 g/mol. The van der Waals surface area contributed by atoms with E-state index >= 15 is 0 Å². The third-order valence-corrected chi connectivity index (χ3v) is 1.70. The first-order valence-corrected chi connectivity index (χ1v) is 4.10. The molecule has 0 aromatic heterocycles. The number of carbonyl (C=O) groups excluding carboxylic acids is 1. The van der Waals surface area contributed by atoms with Gasteiger partial charge < -0.3 is 10.0 Å². The van der Waals surface area contributed by atoms with Gasteiger partial charge in [-0.25, -0.2) is 4.58 Å². The van der Waals surface area contributed by atoms with Gasteiger partial charge in [-0.1, -0.05) is 0 Å². The minimum Gasteiger partial charge on any atom is -0.376 e. The average molecular weight is 173 g/mol. The SMILES string of the molecule is C=[N+](CC)CCCN(C=O)CO. The first-order valence-electron chi connectivity index (χ1n) is 4.10. The van der Waals surface area contributed by atoms with Gasteiger partial charge in [0.2, 0.25) is 6.41 Å². The van der Waals surface area contributed by atoms with Gasteiger partial charge in [-0.15, -0.1) is 0 Å². The van der Waals surface area contributed by atoms with Crippen LogP contribution < -0.4 is 0 Å². The number of hydrogen-bond acceptors (Lipinski definition) is 2. The van der Waals surface area contributed by atoms with Crippen molar-refractivity contribution in [1.29, 1.82) is 0 Å². The van der Waals surface area contributed by atoms with Gasteiger partial charge >= 0.3 is 0 Å². The highest BCUT2D eigenvalue weighted by atomic mass is 16.3. The van der Waals surface area contributed by atoms with Crippen molar-refractivity contribution in [3.8, 4) is 0 Å². The van der Waals surface area contributed by atoms with Crippen LogP contribution in [0.1, 0.15) is 13.3 Å². The van der Waals surface area contributed by atoms with E-state index in [1.807, 2.05) is 11.5 Å². The predicted octanol–water partition coefficient (Wildman–Crippen LogP) is -0.482. The Hall–Kier alpha value is -0.900. The molecule has 4 heteroatoms. The molecule has 0 radical (unpaired) electrons. The van der Waals surface area contributed by atoms with Crippen LogP contribution in [0.15, 0.2) is 0 Å². The van der Waals surface area contributed by atoms with E-state index in [1.54, 1.807) is 0 Å². The Morgan fingerprint density at radius 1 is 1.67 bits per heavy atom. The molecule has 0 aliphatic heterocycles. The Kier molecular flexibility index (Phi) is 6.28. The van der Waals surface area contributed by atoms with Crippen LogP contribution in [-0.4, -0.2) is 54.1 Å². The second kappa shape index (κ2) is 6.79. The normalized spacial score (nSPS) is 9.50. The number of amides is 1. The van der Waals surface area contributed by atoms with Crippen LogP contribution in [-0.2, 0) is 4.79 Å². The molecule has 0 heterocycles. The van der Waals surface area contributed by atoms with Crippen molar-refractivity contribution in [2.45, 2.75) is 13.3 Å². The van der Waals surface area contributed by atoms with Crippen molar-refractivity contribution in [3.63, 3.8) is 0 Å². The number of nitrogens with zero attached hydrogens (tertiary/aromatic N) is 2. The summed E-state index contributed by atoms with van der Waals surface area (Å²) in [6.45, 7) is 7.93. The largest absolute Gasteiger partial charge is 0.376 e. The summed E-state index contributed by atoms with van der Waals surface area (Å²) >= 11 is 0. The van der Waals surface area contributed by atoms with Crippen molar-refractivity contribution in [2.24, 2.45) is 0 Å². The van der Waals surface area contributed by atoms with Crippen molar-refractivity contribution >= 4 is 13.1 Å². The van der Waals surface area contributed by atoms with E-state index in [4.69, 9.17) is 5.11 Å². The molecule has 0 atom stereocenters. The van der Waals surface area contributed by atoms with Gasteiger partial charge in [0, 0.05) is 13.0 Å². The summed E-state index contributed by atoms with van der Waals surface area (Å²) in [5.41, 5.74) is 0. The van der Waals surface area contributed by atoms with Gasteiger partial charge in [0.15, 0.2) is 0 Å². The Labute approximate surface area is 73.1 Å².